The molecule has 0 amide bonds. The molecule has 1 unspecified atom stereocenters. The van der Waals surface area contributed by atoms with Crippen LogP contribution < -0.4 is 14.8 Å². The molecular weight excluding hydrogens is 300 g/mol. The number of benzene rings is 1. The highest BCUT2D eigenvalue weighted by molar-refractivity contribution is 6.32. The van der Waals surface area contributed by atoms with Gasteiger partial charge in [-0.1, -0.05) is 16.7 Å². The SMILES string of the molecule is COC(=O)C(NCCN=[N+]=[N-])c1cc(Cl)c2c(c1)OCO2. The summed E-state index contributed by atoms with van der Waals surface area (Å²) in [4.78, 5) is 14.5. The second-order valence-corrected chi connectivity index (χ2v) is 4.51. The number of carbonyl (C=O) groups excluding carboxylic acids is 1. The van der Waals surface area contributed by atoms with Gasteiger partial charge in [-0.15, -0.1) is 0 Å². The topological polar surface area (TPSA) is 106 Å². The van der Waals surface area contributed by atoms with Gasteiger partial charge in [0.25, 0.3) is 0 Å². The van der Waals surface area contributed by atoms with Crippen LogP contribution in [-0.4, -0.2) is 33.0 Å². The minimum absolute atomic E-state index is 0.0890. The van der Waals surface area contributed by atoms with Crippen LogP contribution in [0.2, 0.25) is 5.02 Å². The number of nitrogens with zero attached hydrogens (tertiary/aromatic N) is 3. The van der Waals surface area contributed by atoms with Gasteiger partial charge in [-0.05, 0) is 23.2 Å². The van der Waals surface area contributed by atoms with Crippen molar-refractivity contribution >= 4 is 17.6 Å². The average molecular weight is 313 g/mol. The number of carbonyl (C=O) groups is 1. The number of rotatable bonds is 6. The molecular formula is C12H13ClN4O4. The molecule has 0 fully saturated rings. The van der Waals surface area contributed by atoms with Gasteiger partial charge in [-0.25, -0.2) is 4.79 Å². The Hall–Kier alpha value is -2.15. The fourth-order valence-corrected chi connectivity index (χ4v) is 2.19. The minimum atomic E-state index is -0.740. The number of esters is 1. The number of azide groups is 1. The number of hydrogen-bond acceptors (Lipinski definition) is 6. The number of fused-ring (bicyclic) bond motifs is 1. The molecule has 0 radical (unpaired) electrons. The Labute approximate surface area is 125 Å². The van der Waals surface area contributed by atoms with Crippen LogP contribution in [0.1, 0.15) is 11.6 Å². The first kappa shape index (κ1) is 15.2. The summed E-state index contributed by atoms with van der Waals surface area (Å²) in [6, 6.07) is 2.53. The van der Waals surface area contributed by atoms with Gasteiger partial charge in [0.1, 0.15) is 6.04 Å². The molecule has 0 saturated heterocycles. The van der Waals surface area contributed by atoms with Gasteiger partial charge in [0.05, 0.1) is 12.1 Å². The molecule has 1 aliphatic heterocycles. The van der Waals surface area contributed by atoms with Crippen LogP contribution >= 0.6 is 11.6 Å². The molecule has 1 aromatic rings. The van der Waals surface area contributed by atoms with Crippen molar-refractivity contribution in [2.75, 3.05) is 27.0 Å². The monoisotopic (exact) mass is 312 g/mol. The van der Waals surface area contributed by atoms with E-state index in [0.29, 0.717) is 28.6 Å². The van der Waals surface area contributed by atoms with Gasteiger partial charge >= 0.3 is 5.97 Å². The lowest BCUT2D eigenvalue weighted by molar-refractivity contribution is -0.143. The largest absolute Gasteiger partial charge is 0.468 e. The molecule has 0 bridgehead atoms. The van der Waals surface area contributed by atoms with Crippen LogP contribution in [0.15, 0.2) is 17.2 Å². The number of hydrogen-bond donors (Lipinski definition) is 1. The Balaban J connectivity index is 2.22. The zero-order valence-corrected chi connectivity index (χ0v) is 12.0. The molecule has 112 valence electrons. The first-order valence-electron chi connectivity index (χ1n) is 6.08. The van der Waals surface area contributed by atoms with Crippen LogP contribution in [0, 0.1) is 0 Å². The number of halogens is 1. The van der Waals surface area contributed by atoms with Gasteiger partial charge in [-0.3, -0.25) is 0 Å². The number of ether oxygens (including phenoxy) is 3. The molecule has 1 atom stereocenters. The summed E-state index contributed by atoms with van der Waals surface area (Å²) in [5.74, 6) is 0.451. The fraction of sp³-hybridized carbons (Fsp3) is 0.417. The van der Waals surface area contributed by atoms with Crippen molar-refractivity contribution in [2.24, 2.45) is 5.11 Å². The maximum atomic E-state index is 11.9. The third-order valence-corrected chi connectivity index (χ3v) is 3.12. The molecule has 0 aliphatic carbocycles. The maximum absolute atomic E-state index is 11.9. The maximum Gasteiger partial charge on any atom is 0.327 e. The molecule has 1 aliphatic rings. The van der Waals surface area contributed by atoms with E-state index in [1.807, 2.05) is 0 Å². The van der Waals surface area contributed by atoms with Crippen LogP contribution in [0.4, 0.5) is 0 Å². The second kappa shape index (κ2) is 7.03. The highest BCUT2D eigenvalue weighted by Gasteiger charge is 2.26. The Morgan fingerprint density at radius 3 is 3.14 bits per heavy atom. The molecule has 0 saturated carbocycles. The van der Waals surface area contributed by atoms with Crippen molar-refractivity contribution in [2.45, 2.75) is 6.04 Å². The van der Waals surface area contributed by atoms with Gasteiger partial charge in [0.15, 0.2) is 11.5 Å². The fourth-order valence-electron chi connectivity index (χ4n) is 1.91. The molecule has 2 rings (SSSR count). The normalized spacial score (nSPS) is 13.4. The van der Waals surface area contributed by atoms with E-state index in [0.717, 1.165) is 0 Å². The third-order valence-electron chi connectivity index (χ3n) is 2.84. The molecule has 1 aromatic carbocycles. The summed E-state index contributed by atoms with van der Waals surface area (Å²) >= 11 is 6.10. The number of nitrogens with one attached hydrogen (secondary N) is 1. The average Bonchev–Trinajstić information content (AvgIpc) is 2.95. The van der Waals surface area contributed by atoms with Crippen molar-refractivity contribution < 1.29 is 19.0 Å². The summed E-state index contributed by atoms with van der Waals surface area (Å²) < 4.78 is 15.3. The summed E-state index contributed by atoms with van der Waals surface area (Å²) in [5, 5.41) is 6.69. The minimum Gasteiger partial charge on any atom is -0.468 e. The summed E-state index contributed by atoms with van der Waals surface area (Å²) in [6.45, 7) is 0.615. The Morgan fingerprint density at radius 2 is 2.43 bits per heavy atom. The first-order chi connectivity index (χ1) is 10.2. The lowest BCUT2D eigenvalue weighted by Gasteiger charge is -2.17. The van der Waals surface area contributed by atoms with Gasteiger partial charge in [0.2, 0.25) is 6.79 Å². The van der Waals surface area contributed by atoms with Gasteiger partial charge < -0.3 is 19.5 Å². The lowest BCUT2D eigenvalue weighted by Crippen LogP contribution is -2.31. The van der Waals surface area contributed by atoms with Crippen LogP contribution in [-0.2, 0) is 9.53 Å². The quantitative estimate of drug-likeness (QED) is 0.285. The standard InChI is InChI=1S/C12H13ClN4O4/c1-19-12(18)10(15-2-3-16-17-14)7-4-8(13)11-9(5-7)20-6-21-11/h4-5,10,15H,2-3,6H2,1H3. The van der Waals surface area contributed by atoms with Crippen molar-refractivity contribution in [3.05, 3.63) is 33.2 Å². The van der Waals surface area contributed by atoms with E-state index in [1.165, 1.54) is 7.11 Å². The van der Waals surface area contributed by atoms with Gasteiger partial charge in [0, 0.05) is 18.0 Å². The smallest absolute Gasteiger partial charge is 0.327 e. The summed E-state index contributed by atoms with van der Waals surface area (Å²) in [7, 11) is 1.29. The molecule has 0 spiro atoms. The highest BCUT2D eigenvalue weighted by atomic mass is 35.5. The zero-order chi connectivity index (χ0) is 15.2. The van der Waals surface area contributed by atoms with Crippen LogP contribution in [0.3, 0.4) is 0 Å². The highest BCUT2D eigenvalue weighted by Crippen LogP contribution is 2.41. The van der Waals surface area contributed by atoms with Gasteiger partial charge in [-0.2, -0.15) is 0 Å². The van der Waals surface area contributed by atoms with E-state index in [9.17, 15) is 4.79 Å². The molecule has 21 heavy (non-hydrogen) atoms. The molecule has 1 N–H and O–H groups in total. The number of methoxy groups -OCH3 is 1. The van der Waals surface area contributed by atoms with E-state index >= 15 is 0 Å². The summed E-state index contributed by atoms with van der Waals surface area (Å²) in [5.41, 5.74) is 8.82. The third kappa shape index (κ3) is 3.49. The van der Waals surface area contributed by atoms with E-state index < -0.39 is 12.0 Å². The zero-order valence-electron chi connectivity index (χ0n) is 11.2. The van der Waals surface area contributed by atoms with E-state index in [4.69, 9.17) is 31.3 Å². The van der Waals surface area contributed by atoms with E-state index in [2.05, 4.69) is 15.3 Å². The Kier molecular flexibility index (Phi) is 5.10. The van der Waals surface area contributed by atoms with Crippen molar-refractivity contribution in [3.63, 3.8) is 0 Å². The van der Waals surface area contributed by atoms with Crippen molar-refractivity contribution in [1.82, 2.24) is 5.32 Å². The molecule has 0 aromatic heterocycles. The second-order valence-electron chi connectivity index (χ2n) is 4.10. The van der Waals surface area contributed by atoms with Crippen molar-refractivity contribution in [1.29, 1.82) is 0 Å². The first-order valence-corrected chi connectivity index (χ1v) is 6.46. The molecule has 9 heteroatoms. The summed E-state index contributed by atoms with van der Waals surface area (Å²) in [6.07, 6.45) is 0. The van der Waals surface area contributed by atoms with Crippen LogP contribution in [0.25, 0.3) is 10.4 Å². The molecule has 8 nitrogen and oxygen atoms in total. The predicted octanol–water partition coefficient (Wildman–Crippen LogP) is 2.18. The Bertz CT molecular complexity index is 589. The Morgan fingerprint density at radius 1 is 1.62 bits per heavy atom. The van der Waals surface area contributed by atoms with E-state index in [1.54, 1.807) is 12.1 Å². The van der Waals surface area contributed by atoms with E-state index in [-0.39, 0.29) is 13.3 Å². The van der Waals surface area contributed by atoms with Crippen molar-refractivity contribution in [3.8, 4) is 11.5 Å². The van der Waals surface area contributed by atoms with Crippen LogP contribution in [0.5, 0.6) is 11.5 Å². The molecule has 1 heterocycles. The predicted molar refractivity (Wildman–Crippen MR) is 74.3 cm³/mol. The lowest BCUT2D eigenvalue weighted by atomic mass is 10.1.